The van der Waals surface area contributed by atoms with Crippen LogP contribution in [0.25, 0.3) is 0 Å². The first-order chi connectivity index (χ1) is 13.7. The number of nitrogens with two attached hydrogens (primary N) is 1. The summed E-state index contributed by atoms with van der Waals surface area (Å²) in [6.07, 6.45) is 1.68. The number of rotatable bonds is 7. The highest BCUT2D eigenvalue weighted by atomic mass is 16.1. The Morgan fingerprint density at radius 2 is 1.14 bits per heavy atom. The Balaban J connectivity index is 1.71. The molecule has 0 aliphatic carbocycles. The van der Waals surface area contributed by atoms with Gasteiger partial charge in [0.1, 0.15) is 0 Å². The monoisotopic (exact) mass is 371 g/mol. The van der Waals surface area contributed by atoms with Gasteiger partial charge in [-0.15, -0.1) is 0 Å². The van der Waals surface area contributed by atoms with E-state index in [1.165, 1.54) is 11.1 Å². The molecular formula is C24H25N3O. The quantitative estimate of drug-likeness (QED) is 0.506. The van der Waals surface area contributed by atoms with Gasteiger partial charge in [-0.2, -0.15) is 4.99 Å². The molecule has 0 radical (unpaired) electrons. The molecule has 3 aromatic rings. The second kappa shape index (κ2) is 10.1. The van der Waals surface area contributed by atoms with E-state index in [0.29, 0.717) is 18.7 Å². The van der Waals surface area contributed by atoms with Gasteiger partial charge >= 0.3 is 0 Å². The number of amides is 1. The van der Waals surface area contributed by atoms with Crippen molar-refractivity contribution in [1.29, 1.82) is 0 Å². The van der Waals surface area contributed by atoms with E-state index in [4.69, 9.17) is 5.73 Å². The van der Waals surface area contributed by atoms with E-state index in [0.717, 1.165) is 12.8 Å². The van der Waals surface area contributed by atoms with Crippen molar-refractivity contribution >= 4 is 11.9 Å². The molecule has 0 heterocycles. The number of guanidine groups is 1. The van der Waals surface area contributed by atoms with Crippen LogP contribution in [-0.2, 0) is 12.8 Å². The number of hydrogen-bond donors (Lipinski definition) is 1. The van der Waals surface area contributed by atoms with Crippen molar-refractivity contribution in [2.45, 2.75) is 12.8 Å². The maximum atomic E-state index is 12.4. The number of nitrogens with zero attached hydrogens (tertiary/aromatic N) is 2. The topological polar surface area (TPSA) is 58.7 Å². The summed E-state index contributed by atoms with van der Waals surface area (Å²) in [5, 5.41) is 0. The van der Waals surface area contributed by atoms with Crippen LogP contribution in [0.15, 0.2) is 96.0 Å². The lowest BCUT2D eigenvalue weighted by molar-refractivity contribution is 0.100. The van der Waals surface area contributed by atoms with Gasteiger partial charge in [0.2, 0.25) is 0 Å². The van der Waals surface area contributed by atoms with Gasteiger partial charge in [0.25, 0.3) is 5.91 Å². The van der Waals surface area contributed by atoms with Crippen LogP contribution < -0.4 is 5.73 Å². The second-order valence-corrected chi connectivity index (χ2v) is 6.60. The largest absolute Gasteiger partial charge is 0.369 e. The molecule has 3 rings (SSSR count). The predicted octanol–water partition coefficient (Wildman–Crippen LogP) is 3.93. The van der Waals surface area contributed by atoms with Gasteiger partial charge in [-0.25, -0.2) is 0 Å². The summed E-state index contributed by atoms with van der Waals surface area (Å²) in [5.41, 5.74) is 9.24. The average molecular weight is 371 g/mol. The SMILES string of the molecule is NC(=NC(=O)c1ccccc1)N(CCc1ccccc1)CCc1ccccc1. The summed E-state index contributed by atoms with van der Waals surface area (Å²) in [5.74, 6) is -0.0526. The molecule has 0 spiro atoms. The van der Waals surface area contributed by atoms with E-state index >= 15 is 0 Å². The number of carbonyl (C=O) groups excluding carboxylic acids is 1. The first-order valence-corrected chi connectivity index (χ1v) is 9.49. The molecule has 0 unspecified atom stereocenters. The van der Waals surface area contributed by atoms with E-state index < -0.39 is 0 Å². The molecule has 0 saturated carbocycles. The molecule has 0 saturated heterocycles. The van der Waals surface area contributed by atoms with Crippen LogP contribution in [0, 0.1) is 0 Å². The third-order valence-corrected chi connectivity index (χ3v) is 4.59. The Morgan fingerprint density at radius 3 is 1.61 bits per heavy atom. The highest BCUT2D eigenvalue weighted by Gasteiger charge is 2.12. The van der Waals surface area contributed by atoms with Crippen molar-refractivity contribution in [1.82, 2.24) is 4.90 Å². The van der Waals surface area contributed by atoms with Crippen molar-refractivity contribution in [2.24, 2.45) is 10.7 Å². The Morgan fingerprint density at radius 1 is 0.714 bits per heavy atom. The van der Waals surface area contributed by atoms with Crippen molar-refractivity contribution in [2.75, 3.05) is 13.1 Å². The first-order valence-electron chi connectivity index (χ1n) is 9.49. The molecule has 3 aromatic carbocycles. The van der Waals surface area contributed by atoms with Gasteiger partial charge in [-0.05, 0) is 36.1 Å². The molecule has 28 heavy (non-hydrogen) atoms. The fourth-order valence-corrected chi connectivity index (χ4v) is 2.98. The molecule has 4 heteroatoms. The van der Waals surface area contributed by atoms with Gasteiger partial charge < -0.3 is 10.6 Å². The molecular weight excluding hydrogens is 346 g/mol. The molecule has 0 bridgehead atoms. The highest BCUT2D eigenvalue weighted by molar-refractivity contribution is 6.02. The van der Waals surface area contributed by atoms with Crippen molar-refractivity contribution < 1.29 is 4.79 Å². The zero-order valence-electron chi connectivity index (χ0n) is 15.9. The fourth-order valence-electron chi connectivity index (χ4n) is 2.98. The Kier molecular flexibility index (Phi) is 6.96. The maximum absolute atomic E-state index is 12.4. The van der Waals surface area contributed by atoms with Crippen molar-refractivity contribution in [3.63, 3.8) is 0 Å². The third-order valence-electron chi connectivity index (χ3n) is 4.59. The lowest BCUT2D eigenvalue weighted by Gasteiger charge is -2.23. The van der Waals surface area contributed by atoms with Gasteiger partial charge in [0.05, 0.1) is 0 Å². The Hall–Kier alpha value is -3.40. The van der Waals surface area contributed by atoms with Crippen LogP contribution in [0.1, 0.15) is 21.5 Å². The van der Waals surface area contributed by atoms with E-state index in [-0.39, 0.29) is 11.9 Å². The number of benzene rings is 3. The molecule has 0 aliphatic rings. The standard InChI is InChI=1S/C24H25N3O/c25-24(26-23(28)22-14-8-3-9-15-22)27(18-16-20-10-4-1-5-11-20)19-17-21-12-6-2-7-13-21/h1-15H,16-19H2,(H2,25,26,28). The van der Waals surface area contributed by atoms with Gasteiger partial charge in [-0.1, -0.05) is 78.9 Å². The summed E-state index contributed by atoms with van der Waals surface area (Å²) < 4.78 is 0. The molecule has 0 aliphatic heterocycles. The van der Waals surface area contributed by atoms with Gasteiger partial charge in [0.15, 0.2) is 5.96 Å². The third kappa shape index (κ3) is 5.81. The molecule has 142 valence electrons. The van der Waals surface area contributed by atoms with Crippen LogP contribution in [0.5, 0.6) is 0 Å². The van der Waals surface area contributed by atoms with E-state index in [1.54, 1.807) is 12.1 Å². The van der Waals surface area contributed by atoms with E-state index in [9.17, 15) is 4.79 Å². The number of aliphatic imine (C=N–C) groups is 1. The van der Waals surface area contributed by atoms with E-state index in [1.807, 2.05) is 59.5 Å². The van der Waals surface area contributed by atoms with Crippen LogP contribution in [0.3, 0.4) is 0 Å². The second-order valence-electron chi connectivity index (χ2n) is 6.60. The summed E-state index contributed by atoms with van der Waals surface area (Å²) in [4.78, 5) is 18.6. The summed E-state index contributed by atoms with van der Waals surface area (Å²) >= 11 is 0. The minimum Gasteiger partial charge on any atom is -0.369 e. The van der Waals surface area contributed by atoms with Crippen LogP contribution in [-0.4, -0.2) is 29.9 Å². The Labute approximate surface area is 166 Å². The molecule has 0 atom stereocenters. The zero-order valence-corrected chi connectivity index (χ0v) is 15.9. The number of carbonyl (C=O) groups is 1. The van der Waals surface area contributed by atoms with Gasteiger partial charge in [-0.3, -0.25) is 4.79 Å². The van der Waals surface area contributed by atoms with Crippen molar-refractivity contribution in [3.05, 3.63) is 108 Å². The van der Waals surface area contributed by atoms with Crippen molar-refractivity contribution in [3.8, 4) is 0 Å². The lowest BCUT2D eigenvalue weighted by atomic mass is 10.1. The average Bonchev–Trinajstić information content (AvgIpc) is 2.75. The van der Waals surface area contributed by atoms with E-state index in [2.05, 4.69) is 29.3 Å². The molecule has 2 N–H and O–H groups in total. The lowest BCUT2D eigenvalue weighted by Crippen LogP contribution is -2.40. The molecule has 0 aromatic heterocycles. The molecule has 4 nitrogen and oxygen atoms in total. The minimum atomic E-state index is -0.317. The minimum absolute atomic E-state index is 0.265. The predicted molar refractivity (Wildman–Crippen MR) is 114 cm³/mol. The van der Waals surface area contributed by atoms with Crippen LogP contribution >= 0.6 is 0 Å². The first kappa shape index (κ1) is 19.4. The smallest absolute Gasteiger partial charge is 0.280 e. The number of hydrogen-bond acceptors (Lipinski definition) is 1. The van der Waals surface area contributed by atoms with Crippen LogP contribution in [0.4, 0.5) is 0 Å². The highest BCUT2D eigenvalue weighted by Crippen LogP contribution is 2.06. The summed E-state index contributed by atoms with van der Waals surface area (Å²) in [7, 11) is 0. The molecule has 0 fully saturated rings. The maximum Gasteiger partial charge on any atom is 0.280 e. The Bertz CT molecular complexity index is 849. The fraction of sp³-hybridized carbons (Fsp3) is 0.167. The molecule has 1 amide bonds. The van der Waals surface area contributed by atoms with Gasteiger partial charge in [0, 0.05) is 18.7 Å². The zero-order chi connectivity index (χ0) is 19.6. The van der Waals surface area contributed by atoms with Crippen LogP contribution in [0.2, 0.25) is 0 Å². The summed E-state index contributed by atoms with van der Waals surface area (Å²) in [6, 6.07) is 29.5. The summed E-state index contributed by atoms with van der Waals surface area (Å²) in [6.45, 7) is 1.41. The normalized spacial score (nSPS) is 11.2.